The van der Waals surface area contributed by atoms with Crippen LogP contribution in [0.25, 0.3) is 11.0 Å². The van der Waals surface area contributed by atoms with E-state index in [1.807, 2.05) is 19.1 Å². The fraction of sp³-hybridized carbons (Fsp3) is 0.143. The molecule has 8 heteroatoms. The number of rotatable bonds is 6. The van der Waals surface area contributed by atoms with Crippen LogP contribution in [0, 0.1) is 6.92 Å². The van der Waals surface area contributed by atoms with Crippen molar-refractivity contribution in [3.8, 4) is 11.5 Å². The molecule has 1 aliphatic heterocycles. The number of Topliss-reactive ketones (excluding diaryl/α,β-unsaturated/α-hetero) is 1. The topological polar surface area (TPSA) is 89.2 Å². The van der Waals surface area contributed by atoms with Gasteiger partial charge in [0.2, 0.25) is 5.78 Å². The van der Waals surface area contributed by atoms with Crippen LogP contribution in [0.4, 0.5) is 5.69 Å². The molecular formula is C28H22ClNO6. The molecule has 0 fully saturated rings. The number of halogens is 1. The molecule has 5 rings (SSSR count). The first kappa shape index (κ1) is 23.5. The predicted molar refractivity (Wildman–Crippen MR) is 136 cm³/mol. The first-order chi connectivity index (χ1) is 17.3. The number of furan rings is 1. The maximum atomic E-state index is 13.9. The molecule has 1 atom stereocenters. The molecular weight excluding hydrogens is 482 g/mol. The average Bonchev–Trinajstić information content (AvgIpc) is 3.42. The molecule has 0 aliphatic carbocycles. The second-order valence-corrected chi connectivity index (χ2v) is 8.82. The highest BCUT2D eigenvalue weighted by atomic mass is 35.5. The number of nitrogens with zero attached hydrogens (tertiary/aromatic N) is 1. The molecule has 4 aromatic rings. The highest BCUT2D eigenvalue weighted by molar-refractivity contribution is 6.31. The number of aryl methyl sites for hydroxylation is 1. The summed E-state index contributed by atoms with van der Waals surface area (Å²) in [6.07, 6.45) is 0. The van der Waals surface area contributed by atoms with Crippen LogP contribution in [0.2, 0.25) is 5.02 Å². The van der Waals surface area contributed by atoms with Gasteiger partial charge in [0.05, 0.1) is 25.8 Å². The van der Waals surface area contributed by atoms with Crippen molar-refractivity contribution in [2.24, 2.45) is 0 Å². The molecule has 0 bridgehead atoms. The number of hydrogen-bond acceptors (Lipinski definition) is 6. The maximum Gasteiger partial charge on any atom is 0.294 e. The molecule has 0 saturated heterocycles. The number of ether oxygens (including phenoxy) is 2. The number of benzene rings is 3. The fourth-order valence-electron chi connectivity index (χ4n) is 4.48. The molecule has 0 radical (unpaired) electrons. The minimum Gasteiger partial charge on any atom is -0.503 e. The van der Waals surface area contributed by atoms with Crippen molar-refractivity contribution in [3.05, 3.63) is 100.0 Å². The Morgan fingerprint density at radius 1 is 1.00 bits per heavy atom. The SMILES string of the molecule is COc1ccccc1C1C(C(=O)c2cc3cc(Cl)cc(OC)c3o2)=C(O)C(=O)N1c1ccc(C)cc1. The van der Waals surface area contributed by atoms with Gasteiger partial charge in [-0.1, -0.05) is 47.5 Å². The Bertz CT molecular complexity index is 1540. The third kappa shape index (κ3) is 3.78. The van der Waals surface area contributed by atoms with Gasteiger partial charge in [-0.25, -0.2) is 0 Å². The Balaban J connectivity index is 1.69. The molecule has 3 aromatic carbocycles. The van der Waals surface area contributed by atoms with Crippen molar-refractivity contribution < 1.29 is 28.6 Å². The summed E-state index contributed by atoms with van der Waals surface area (Å²) in [6.45, 7) is 1.93. The lowest BCUT2D eigenvalue weighted by molar-refractivity contribution is -0.117. The van der Waals surface area contributed by atoms with Crippen LogP contribution in [0.1, 0.15) is 27.7 Å². The summed E-state index contributed by atoms with van der Waals surface area (Å²) in [5.41, 5.74) is 2.28. The average molecular weight is 504 g/mol. The van der Waals surface area contributed by atoms with E-state index in [2.05, 4.69) is 0 Å². The highest BCUT2D eigenvalue weighted by Crippen LogP contribution is 2.45. The van der Waals surface area contributed by atoms with Gasteiger partial charge < -0.3 is 19.0 Å². The summed E-state index contributed by atoms with van der Waals surface area (Å²) in [5.74, 6) is -1.23. The van der Waals surface area contributed by atoms with Crippen LogP contribution in [-0.2, 0) is 4.79 Å². The van der Waals surface area contributed by atoms with Crippen molar-refractivity contribution >= 4 is 39.9 Å². The summed E-state index contributed by atoms with van der Waals surface area (Å²) in [5, 5.41) is 12.0. The zero-order chi connectivity index (χ0) is 25.6. The lowest BCUT2D eigenvalue weighted by atomic mass is 9.94. The van der Waals surface area contributed by atoms with Gasteiger partial charge in [-0.2, -0.15) is 0 Å². The minimum absolute atomic E-state index is 0.0643. The van der Waals surface area contributed by atoms with Crippen LogP contribution in [-0.4, -0.2) is 31.0 Å². The van der Waals surface area contributed by atoms with E-state index in [9.17, 15) is 14.7 Å². The number of carbonyl (C=O) groups is 2. The van der Waals surface area contributed by atoms with Gasteiger partial charge in [-0.15, -0.1) is 0 Å². The number of para-hydroxylation sites is 1. The number of methoxy groups -OCH3 is 2. The zero-order valence-electron chi connectivity index (χ0n) is 19.7. The van der Waals surface area contributed by atoms with Crippen molar-refractivity contribution in [2.45, 2.75) is 13.0 Å². The van der Waals surface area contributed by atoms with E-state index in [4.69, 9.17) is 25.5 Å². The van der Waals surface area contributed by atoms with E-state index in [0.29, 0.717) is 38.7 Å². The van der Waals surface area contributed by atoms with Crippen molar-refractivity contribution in [1.82, 2.24) is 0 Å². The lowest BCUT2D eigenvalue weighted by Gasteiger charge is -2.28. The van der Waals surface area contributed by atoms with Crippen LogP contribution in [0.5, 0.6) is 11.5 Å². The van der Waals surface area contributed by atoms with Gasteiger partial charge in [-0.05, 0) is 37.3 Å². The summed E-state index contributed by atoms with van der Waals surface area (Å²) in [7, 11) is 2.97. The first-order valence-electron chi connectivity index (χ1n) is 11.1. The molecule has 0 spiro atoms. The van der Waals surface area contributed by atoms with Gasteiger partial charge in [0.1, 0.15) is 5.75 Å². The van der Waals surface area contributed by atoms with E-state index in [1.165, 1.54) is 25.2 Å². The number of fused-ring (bicyclic) bond motifs is 1. The monoisotopic (exact) mass is 503 g/mol. The summed E-state index contributed by atoms with van der Waals surface area (Å²) >= 11 is 6.17. The van der Waals surface area contributed by atoms with E-state index >= 15 is 0 Å². The summed E-state index contributed by atoms with van der Waals surface area (Å²) in [4.78, 5) is 28.6. The zero-order valence-corrected chi connectivity index (χ0v) is 20.5. The van der Waals surface area contributed by atoms with E-state index in [0.717, 1.165) is 5.56 Å². The molecule has 36 heavy (non-hydrogen) atoms. The standard InChI is InChI=1S/C28H22ClNO6/c1-15-8-10-18(11-9-15)30-24(19-6-4-5-7-20(19)34-2)23(26(32)28(30)33)25(31)21-13-16-12-17(29)14-22(35-3)27(16)36-21/h4-14,24,32H,1-3H3. The summed E-state index contributed by atoms with van der Waals surface area (Å²) in [6, 6.07) is 18.1. The fourth-order valence-corrected chi connectivity index (χ4v) is 4.69. The molecule has 1 aliphatic rings. The number of anilines is 1. The number of aliphatic hydroxyl groups excluding tert-OH is 1. The quantitative estimate of drug-likeness (QED) is 0.315. The molecule has 182 valence electrons. The molecule has 1 N–H and O–H groups in total. The molecule has 1 unspecified atom stereocenters. The number of carbonyl (C=O) groups excluding carboxylic acids is 2. The number of aliphatic hydroxyl groups is 1. The van der Waals surface area contributed by atoms with Gasteiger partial charge in [0.25, 0.3) is 5.91 Å². The van der Waals surface area contributed by atoms with Crippen molar-refractivity contribution in [3.63, 3.8) is 0 Å². The Kier molecular flexibility index (Phi) is 5.94. The van der Waals surface area contributed by atoms with Crippen LogP contribution in [0.15, 0.2) is 82.5 Å². The Morgan fingerprint density at radius 3 is 2.39 bits per heavy atom. The Hall–Kier alpha value is -4.23. The van der Waals surface area contributed by atoms with Gasteiger partial charge >= 0.3 is 0 Å². The minimum atomic E-state index is -0.956. The highest BCUT2D eigenvalue weighted by Gasteiger charge is 2.46. The van der Waals surface area contributed by atoms with Gasteiger partial charge in [-0.3, -0.25) is 14.5 Å². The van der Waals surface area contributed by atoms with E-state index in [-0.39, 0.29) is 11.3 Å². The Morgan fingerprint density at radius 2 is 1.69 bits per heavy atom. The molecule has 7 nitrogen and oxygen atoms in total. The van der Waals surface area contributed by atoms with Crippen molar-refractivity contribution in [1.29, 1.82) is 0 Å². The maximum absolute atomic E-state index is 13.9. The predicted octanol–water partition coefficient (Wildman–Crippen LogP) is 6.19. The number of hydrogen-bond donors (Lipinski definition) is 1. The summed E-state index contributed by atoms with van der Waals surface area (Å²) < 4.78 is 16.7. The van der Waals surface area contributed by atoms with Crippen LogP contribution >= 0.6 is 11.6 Å². The van der Waals surface area contributed by atoms with Gasteiger partial charge in [0.15, 0.2) is 22.9 Å². The van der Waals surface area contributed by atoms with E-state index < -0.39 is 23.5 Å². The normalized spacial score (nSPS) is 15.6. The van der Waals surface area contributed by atoms with Crippen molar-refractivity contribution in [2.75, 3.05) is 19.1 Å². The molecule has 2 heterocycles. The third-order valence-corrected chi connectivity index (χ3v) is 6.41. The molecule has 0 saturated carbocycles. The number of ketones is 1. The van der Waals surface area contributed by atoms with Crippen LogP contribution in [0.3, 0.4) is 0 Å². The number of amides is 1. The lowest BCUT2D eigenvalue weighted by Crippen LogP contribution is -2.31. The first-order valence-corrected chi connectivity index (χ1v) is 11.5. The van der Waals surface area contributed by atoms with E-state index in [1.54, 1.807) is 48.5 Å². The Labute approximate surface area is 212 Å². The van der Waals surface area contributed by atoms with Gasteiger partial charge in [0, 0.05) is 27.7 Å². The smallest absolute Gasteiger partial charge is 0.294 e. The second-order valence-electron chi connectivity index (χ2n) is 8.38. The molecule has 1 aromatic heterocycles. The largest absolute Gasteiger partial charge is 0.503 e. The molecule has 1 amide bonds. The van der Waals surface area contributed by atoms with Crippen LogP contribution < -0.4 is 14.4 Å². The third-order valence-electron chi connectivity index (χ3n) is 6.19. The second kappa shape index (κ2) is 9.09.